The minimum Gasteiger partial charge on any atom is -0.287 e. The number of fused-ring (bicyclic) bond motifs is 4. The van der Waals surface area contributed by atoms with Crippen LogP contribution in [-0.4, -0.2) is 17.5 Å². The van der Waals surface area contributed by atoms with Crippen LogP contribution in [0, 0.1) is 41.5 Å². The fraction of sp³-hybridized carbons (Fsp3) is 0.312. The highest BCUT2D eigenvalue weighted by molar-refractivity contribution is 7.12. The molecule has 2 aromatic carbocycles. The van der Waals surface area contributed by atoms with E-state index in [-0.39, 0.29) is 16.5 Å². The molecule has 2 nitrogen and oxygen atoms in total. The van der Waals surface area contributed by atoms with Gasteiger partial charge in [-0.05, 0) is 75.9 Å². The molecule has 0 atom stereocenters. The van der Waals surface area contributed by atoms with E-state index in [0.717, 1.165) is 0 Å². The monoisotopic (exact) mass is 550 g/mol. The van der Waals surface area contributed by atoms with Gasteiger partial charge in [0.15, 0.2) is 0 Å². The minimum atomic E-state index is -3.84. The van der Waals surface area contributed by atoms with Crippen molar-refractivity contribution in [3.8, 4) is 11.1 Å². The van der Waals surface area contributed by atoms with Crippen LogP contribution >= 0.6 is 22.7 Å². The van der Waals surface area contributed by atoms with Crippen molar-refractivity contribution in [2.75, 3.05) is 0 Å². The summed E-state index contributed by atoms with van der Waals surface area (Å²) in [6.07, 6.45) is 0. The number of Topliss-reactive ketones (excluding diaryl/α,β-unsaturated/α-hetero) is 2. The number of carbonyl (C=O) groups excluding carboxylic acids is 2. The van der Waals surface area contributed by atoms with Crippen LogP contribution in [0.3, 0.4) is 0 Å². The molecular weight excluding hydrogens is 518 g/mol. The maximum absolute atomic E-state index is 13.0. The molecule has 0 spiro atoms. The molecule has 198 valence electrons. The number of benzene rings is 2. The van der Waals surface area contributed by atoms with E-state index >= 15 is 0 Å². The van der Waals surface area contributed by atoms with Crippen molar-refractivity contribution in [2.24, 2.45) is 0 Å². The van der Waals surface area contributed by atoms with Crippen molar-refractivity contribution >= 4 is 34.2 Å². The Morgan fingerprint density at radius 3 is 1.34 bits per heavy atom. The second kappa shape index (κ2) is 9.97. The van der Waals surface area contributed by atoms with Crippen molar-refractivity contribution < 1.29 is 18.4 Å². The maximum Gasteiger partial charge on any atom is 0.371 e. The number of halogens is 2. The third-order valence-electron chi connectivity index (χ3n) is 7.15. The lowest BCUT2D eigenvalue weighted by Gasteiger charge is -2.22. The largest absolute Gasteiger partial charge is 0.371 e. The molecule has 2 aliphatic carbocycles. The quantitative estimate of drug-likeness (QED) is 0.204. The van der Waals surface area contributed by atoms with Gasteiger partial charge in [-0.3, -0.25) is 9.59 Å². The molecule has 0 aliphatic heterocycles. The molecule has 0 bridgehead atoms. The van der Waals surface area contributed by atoms with E-state index in [1.165, 1.54) is 54.5 Å². The molecule has 0 unspecified atom stereocenters. The van der Waals surface area contributed by atoms with Crippen LogP contribution in [0.5, 0.6) is 0 Å². The van der Waals surface area contributed by atoms with Crippen LogP contribution in [0.25, 0.3) is 11.1 Å². The number of rotatable bonds is 0. The molecule has 2 aromatic heterocycles. The normalized spacial score (nSPS) is 15.6. The van der Waals surface area contributed by atoms with Crippen molar-refractivity contribution in [1.82, 2.24) is 0 Å². The zero-order valence-electron chi connectivity index (χ0n) is 23.0. The number of aryl methyl sites for hydroxylation is 6. The number of hydrogen-bond acceptors (Lipinski definition) is 4. The highest BCUT2D eigenvalue weighted by atomic mass is 32.1. The smallest absolute Gasteiger partial charge is 0.287 e. The zero-order valence-corrected chi connectivity index (χ0v) is 24.6. The first-order valence-corrected chi connectivity index (χ1v) is 14.1. The molecule has 0 saturated heterocycles. The summed E-state index contributed by atoms with van der Waals surface area (Å²) >= 11 is 3.05. The first-order valence-electron chi connectivity index (χ1n) is 12.5. The van der Waals surface area contributed by atoms with Gasteiger partial charge >= 0.3 is 5.92 Å². The van der Waals surface area contributed by atoms with Crippen molar-refractivity contribution in [2.45, 2.75) is 66.7 Å². The molecular formula is C32H32F2O2S2. The molecule has 2 heterocycles. The highest BCUT2D eigenvalue weighted by Gasteiger charge is 2.57. The second-order valence-electron chi connectivity index (χ2n) is 10.6. The minimum absolute atomic E-state index is 0.0810. The number of hydrogen-bond donors (Lipinski definition) is 0. The van der Waals surface area contributed by atoms with E-state index in [0.29, 0.717) is 9.75 Å². The topological polar surface area (TPSA) is 34.1 Å². The number of alkyl halides is 2. The van der Waals surface area contributed by atoms with Crippen LogP contribution in [0.2, 0.25) is 0 Å². The van der Waals surface area contributed by atoms with E-state index in [1.807, 2.05) is 11.3 Å². The SMILES string of the molecule is Cc1ccc(C)s1.Cc1ccc2c(c1)C(C)(C)c1cc(C)ccc1-2.Cc1sc(C)c2c1C(=O)C(F)(F)C2=O. The summed E-state index contributed by atoms with van der Waals surface area (Å²) in [7, 11) is 0. The number of carbonyl (C=O) groups is 2. The summed E-state index contributed by atoms with van der Waals surface area (Å²) in [5.74, 6) is -6.53. The molecule has 0 radical (unpaired) electrons. The Labute approximate surface area is 231 Å². The fourth-order valence-electron chi connectivity index (χ4n) is 5.17. The lowest BCUT2D eigenvalue weighted by atomic mass is 9.81. The Kier molecular flexibility index (Phi) is 7.36. The van der Waals surface area contributed by atoms with Gasteiger partial charge in [-0.15, -0.1) is 22.7 Å². The van der Waals surface area contributed by atoms with Crippen LogP contribution in [0.4, 0.5) is 8.78 Å². The van der Waals surface area contributed by atoms with E-state index in [2.05, 4.69) is 90.1 Å². The lowest BCUT2D eigenvalue weighted by molar-refractivity contribution is 0.0188. The lowest BCUT2D eigenvalue weighted by Crippen LogP contribution is -2.30. The molecule has 0 saturated carbocycles. The highest BCUT2D eigenvalue weighted by Crippen LogP contribution is 2.49. The maximum atomic E-state index is 13.0. The summed E-state index contributed by atoms with van der Waals surface area (Å²) in [6, 6.07) is 17.9. The molecule has 6 rings (SSSR count). The van der Waals surface area contributed by atoms with E-state index < -0.39 is 17.5 Å². The average molecular weight is 551 g/mol. The second-order valence-corrected chi connectivity index (χ2v) is 13.5. The van der Waals surface area contributed by atoms with Crippen molar-refractivity contribution in [3.63, 3.8) is 0 Å². The van der Waals surface area contributed by atoms with Crippen LogP contribution in [-0.2, 0) is 5.41 Å². The molecule has 0 amide bonds. The summed E-state index contributed by atoms with van der Waals surface area (Å²) in [6.45, 7) is 16.4. The molecule has 0 fully saturated rings. The van der Waals surface area contributed by atoms with E-state index in [1.54, 1.807) is 13.8 Å². The summed E-state index contributed by atoms with van der Waals surface area (Å²) in [5.41, 5.74) is 8.44. The predicted molar refractivity (Wildman–Crippen MR) is 155 cm³/mol. The van der Waals surface area contributed by atoms with Gasteiger partial charge in [-0.1, -0.05) is 61.4 Å². The third kappa shape index (κ3) is 4.80. The Morgan fingerprint density at radius 1 is 0.605 bits per heavy atom. The number of thiophene rings is 2. The van der Waals surface area contributed by atoms with Gasteiger partial charge < -0.3 is 0 Å². The van der Waals surface area contributed by atoms with Crippen LogP contribution in [0.15, 0.2) is 48.5 Å². The Bertz CT molecular complexity index is 1460. The van der Waals surface area contributed by atoms with Gasteiger partial charge in [-0.25, -0.2) is 0 Å². The third-order valence-corrected chi connectivity index (χ3v) is 9.08. The van der Waals surface area contributed by atoms with E-state index in [9.17, 15) is 18.4 Å². The Hall–Kier alpha value is -2.96. The van der Waals surface area contributed by atoms with Gasteiger partial charge in [0.25, 0.3) is 0 Å². The Morgan fingerprint density at radius 2 is 1.00 bits per heavy atom. The Balaban J connectivity index is 0.000000144. The summed E-state index contributed by atoms with van der Waals surface area (Å²) in [4.78, 5) is 26.2. The zero-order chi connectivity index (χ0) is 28.2. The van der Waals surface area contributed by atoms with E-state index in [4.69, 9.17) is 0 Å². The van der Waals surface area contributed by atoms with Gasteiger partial charge in [0.1, 0.15) is 0 Å². The first-order chi connectivity index (χ1) is 17.7. The van der Waals surface area contributed by atoms with Gasteiger partial charge in [0, 0.05) is 36.1 Å². The molecule has 0 N–H and O–H groups in total. The van der Waals surface area contributed by atoms with Crippen LogP contribution in [0.1, 0.15) is 76.3 Å². The molecule has 2 aliphatic rings. The molecule has 6 heteroatoms. The fourth-order valence-corrected chi connectivity index (χ4v) is 7.00. The number of ketones is 2. The van der Waals surface area contributed by atoms with Gasteiger partial charge in [0.05, 0.1) is 0 Å². The summed E-state index contributed by atoms with van der Waals surface area (Å²) < 4.78 is 26.0. The van der Waals surface area contributed by atoms with Crippen LogP contribution < -0.4 is 0 Å². The van der Waals surface area contributed by atoms with Crippen molar-refractivity contribution in [3.05, 3.63) is 101 Å². The molecule has 38 heavy (non-hydrogen) atoms. The standard InChI is InChI=1S/C17H18.C9H6F2O2S.C6H8S/c1-11-5-7-13-14-8-6-12(2)10-16(14)17(3,4)15(13)9-11;1-3-5-6(4(2)14-3)8(13)9(10,11)7(5)12;1-5-3-4-6(2)7-5/h5-10H,1-4H3;1-2H3;3-4H,1-2H3. The van der Waals surface area contributed by atoms with Gasteiger partial charge in [-0.2, -0.15) is 8.78 Å². The van der Waals surface area contributed by atoms with Crippen molar-refractivity contribution in [1.29, 1.82) is 0 Å². The molecule has 4 aromatic rings. The predicted octanol–water partition coefficient (Wildman–Crippen LogP) is 9.35. The average Bonchev–Trinajstić information content (AvgIpc) is 3.48. The summed E-state index contributed by atoms with van der Waals surface area (Å²) in [5, 5.41) is 0. The first kappa shape index (κ1) is 28.1. The van der Waals surface area contributed by atoms with Gasteiger partial charge in [0.2, 0.25) is 11.6 Å².